The molecule has 0 saturated carbocycles. The van der Waals surface area contributed by atoms with E-state index in [4.69, 9.17) is 0 Å². The molecule has 0 fully saturated rings. The van der Waals surface area contributed by atoms with Crippen molar-refractivity contribution in [3.05, 3.63) is 0 Å². The summed E-state index contributed by atoms with van der Waals surface area (Å²) in [5.74, 6) is 0. The van der Waals surface area contributed by atoms with E-state index >= 15 is 0 Å². The van der Waals surface area contributed by atoms with Gasteiger partial charge in [-0.05, 0) is 0 Å². The fourth-order valence-electron chi connectivity index (χ4n) is 0. The van der Waals surface area contributed by atoms with E-state index in [1.807, 2.05) is 0 Å². The normalized spacial score (nSPS) is 0. The van der Waals surface area contributed by atoms with Crippen molar-refractivity contribution in [3.8, 4) is 0 Å². The van der Waals surface area contributed by atoms with Gasteiger partial charge in [0.1, 0.15) is 0 Å². The summed E-state index contributed by atoms with van der Waals surface area (Å²) in [6, 6.07) is 0. The van der Waals surface area contributed by atoms with Crippen molar-refractivity contribution < 1.29 is 21.9 Å². The molecule has 0 aromatic rings. The molecule has 0 rings (SSSR count). The van der Waals surface area contributed by atoms with Gasteiger partial charge in [0, 0.05) is 86.4 Å². The van der Waals surface area contributed by atoms with E-state index in [9.17, 15) is 0 Å². The quantitative estimate of drug-likeness (QED) is 0.289. The average molecular weight is 128 g/mol. The first-order valence-corrected chi connectivity index (χ1v) is 0. The van der Waals surface area contributed by atoms with Crippen molar-refractivity contribution in [1.82, 2.24) is 0 Å². The van der Waals surface area contributed by atoms with Gasteiger partial charge in [0.15, 0.2) is 0 Å². The summed E-state index contributed by atoms with van der Waals surface area (Å²) in [5, 5.41) is 0. The zero-order valence-corrected chi connectivity index (χ0v) is 7.50. The Morgan fingerprint density at radius 2 is 0.333 bits per heavy atom. The summed E-state index contributed by atoms with van der Waals surface area (Å²) < 4.78 is 0. The Hall–Kier alpha value is 2.45. The van der Waals surface area contributed by atoms with E-state index in [0.29, 0.717) is 0 Å². The molecule has 8 N–H and O–H groups in total. The maximum absolute atomic E-state index is 0. The first-order valence-electron chi connectivity index (χ1n) is 0. The van der Waals surface area contributed by atoms with Crippen molar-refractivity contribution in [2.24, 2.45) is 0 Å². The van der Waals surface area contributed by atoms with Gasteiger partial charge in [-0.3, -0.25) is 0 Å². The first kappa shape index (κ1) is 209. The molecule has 0 aliphatic rings. The first-order chi connectivity index (χ1) is 0. The Labute approximate surface area is 107 Å². The molecule has 0 unspecified atom stereocenters. The van der Waals surface area contributed by atoms with E-state index < -0.39 is 0 Å². The second kappa shape index (κ2) is 156. The Balaban J connectivity index is 0. The van der Waals surface area contributed by atoms with Gasteiger partial charge in [-0.1, -0.05) is 0 Å². The largest absolute Gasteiger partial charge is 0.412 e. The molecule has 0 bridgehead atoms. The third kappa shape index (κ3) is 125. The minimum atomic E-state index is 0. The van der Waals surface area contributed by atoms with Crippen LogP contribution in [-0.2, 0) is 0 Å². The Kier molecular flexibility index (Phi) is 3610. The smallest absolute Gasteiger partial charge is 0 e. The standard InChI is InChI=1S/4Li.4H2O.Si/h;;;;4*1H2;. The van der Waals surface area contributed by atoms with Crippen molar-refractivity contribution in [2.45, 2.75) is 0 Å². The maximum Gasteiger partial charge on any atom is 0 e. The summed E-state index contributed by atoms with van der Waals surface area (Å²) in [5.41, 5.74) is 0. The number of hydrogen-bond acceptors (Lipinski definition) is 0. The number of rotatable bonds is 0. The molecule has 0 aromatic carbocycles. The molecule has 40 valence electrons. The third-order valence-corrected chi connectivity index (χ3v) is 0. The van der Waals surface area contributed by atoms with Crippen LogP contribution >= 0.6 is 0 Å². The molecule has 0 aliphatic heterocycles. The van der Waals surface area contributed by atoms with Crippen molar-refractivity contribution in [2.75, 3.05) is 0 Å². The summed E-state index contributed by atoms with van der Waals surface area (Å²) in [7, 11) is 0. The van der Waals surface area contributed by atoms with Crippen LogP contribution in [0.1, 0.15) is 0 Å². The molecule has 0 spiro atoms. The SMILES string of the molecule is O.O.O.O.[Li].[Li].[Li].[Li].[Si]. The molecule has 0 amide bonds. The van der Waals surface area contributed by atoms with E-state index in [1.54, 1.807) is 0 Å². The summed E-state index contributed by atoms with van der Waals surface area (Å²) >= 11 is 0. The van der Waals surface area contributed by atoms with Gasteiger partial charge in [-0.25, -0.2) is 0 Å². The van der Waals surface area contributed by atoms with Crippen LogP contribution in [0.2, 0.25) is 0 Å². The Morgan fingerprint density at radius 3 is 0.333 bits per heavy atom. The van der Waals surface area contributed by atoms with E-state index in [0.717, 1.165) is 0 Å². The van der Waals surface area contributed by atoms with Gasteiger partial charge in [0.05, 0.1) is 0 Å². The van der Waals surface area contributed by atoms with Crippen LogP contribution in [0.4, 0.5) is 0 Å². The monoisotopic (exact) mass is 128 g/mol. The molecule has 0 aliphatic carbocycles. The van der Waals surface area contributed by atoms with Gasteiger partial charge in [0.2, 0.25) is 0 Å². The van der Waals surface area contributed by atoms with Crippen LogP contribution in [0, 0.1) is 0 Å². The summed E-state index contributed by atoms with van der Waals surface area (Å²) in [6.45, 7) is 0. The van der Waals surface area contributed by atoms with E-state index in [2.05, 4.69) is 0 Å². The topological polar surface area (TPSA) is 126 Å². The maximum atomic E-state index is 0. The van der Waals surface area contributed by atoms with Gasteiger partial charge in [-0.15, -0.1) is 0 Å². The van der Waals surface area contributed by atoms with E-state index in [1.165, 1.54) is 0 Å². The zero-order chi connectivity index (χ0) is 0. The molecule has 8 radical (unpaired) electrons. The van der Waals surface area contributed by atoms with Crippen LogP contribution in [0.3, 0.4) is 0 Å². The second-order valence-electron chi connectivity index (χ2n) is 0. The van der Waals surface area contributed by atoms with Gasteiger partial charge >= 0.3 is 0 Å². The van der Waals surface area contributed by atoms with Crippen molar-refractivity contribution >= 4 is 86.4 Å². The Morgan fingerprint density at radius 1 is 0.333 bits per heavy atom. The summed E-state index contributed by atoms with van der Waals surface area (Å²) in [6.07, 6.45) is 0. The van der Waals surface area contributed by atoms with Crippen molar-refractivity contribution in [1.29, 1.82) is 0 Å². The molecule has 4 nitrogen and oxygen atoms in total. The molecule has 0 aromatic heterocycles. The summed E-state index contributed by atoms with van der Waals surface area (Å²) in [4.78, 5) is 0. The third-order valence-electron chi connectivity index (χ3n) is 0. The van der Waals surface area contributed by atoms with E-state index in [-0.39, 0.29) is 108 Å². The molecular formula is H8Li4O4Si. The van der Waals surface area contributed by atoms with Crippen LogP contribution < -0.4 is 0 Å². The Bertz CT molecular complexity index is 12.5. The van der Waals surface area contributed by atoms with Crippen LogP contribution in [-0.4, -0.2) is 108 Å². The minimum absolute atomic E-state index is 0. The van der Waals surface area contributed by atoms with Gasteiger partial charge < -0.3 is 21.9 Å². The number of hydrogen-bond donors (Lipinski definition) is 0. The van der Waals surface area contributed by atoms with Crippen LogP contribution in [0.15, 0.2) is 0 Å². The molecule has 9 heteroatoms. The minimum Gasteiger partial charge on any atom is -0.412 e. The fraction of sp³-hybridized carbons (Fsp3) is 0. The zero-order valence-electron chi connectivity index (χ0n) is 6.50. The molecule has 9 heavy (non-hydrogen) atoms. The second-order valence-corrected chi connectivity index (χ2v) is 0. The molecule has 0 atom stereocenters. The average Bonchev–Trinajstić information content (AvgIpc) is 0. The van der Waals surface area contributed by atoms with Crippen molar-refractivity contribution in [3.63, 3.8) is 0 Å². The van der Waals surface area contributed by atoms with Crippen LogP contribution in [0.5, 0.6) is 0 Å². The molecular weight excluding hydrogens is 120 g/mol. The van der Waals surface area contributed by atoms with Gasteiger partial charge in [0.25, 0.3) is 0 Å². The predicted octanol–water partition coefficient (Wildman–Crippen LogP) is -5.20. The predicted molar refractivity (Wildman–Crippen MR) is 43.2 cm³/mol. The molecule has 0 saturated heterocycles. The van der Waals surface area contributed by atoms with Gasteiger partial charge in [-0.2, -0.15) is 0 Å². The van der Waals surface area contributed by atoms with Crippen LogP contribution in [0.25, 0.3) is 0 Å². The molecule has 0 heterocycles. The fourth-order valence-corrected chi connectivity index (χ4v) is 0.